The molecular weight excluding hydrogens is 390 g/mol. The Morgan fingerprint density at radius 3 is 2.41 bits per heavy atom. The molecular formula is C21H28ClN5O2. The highest BCUT2D eigenvalue weighted by Crippen LogP contribution is 2.25. The van der Waals surface area contributed by atoms with Crippen molar-refractivity contribution in [1.82, 2.24) is 19.6 Å². The molecule has 0 spiro atoms. The standard InChI is InChI=1S/C21H28ClN5O2/c1-3-4-10-27-19(22)17(15(2)24-27)21(29)26-13-11-25(12-14-26)18(20(23)28)16-8-6-5-7-9-16/h5-9,18H,3-4,10-14H2,1-2H3,(H2,23,28). The highest BCUT2D eigenvalue weighted by atomic mass is 35.5. The summed E-state index contributed by atoms with van der Waals surface area (Å²) in [5.41, 5.74) is 7.68. The predicted octanol–water partition coefficient (Wildman–Crippen LogP) is 2.63. The second kappa shape index (κ2) is 9.41. The first kappa shape index (κ1) is 21.3. The van der Waals surface area contributed by atoms with Crippen molar-refractivity contribution >= 4 is 23.4 Å². The Labute approximate surface area is 176 Å². The maximum absolute atomic E-state index is 13.1. The van der Waals surface area contributed by atoms with E-state index in [1.165, 1.54) is 0 Å². The molecule has 1 unspecified atom stereocenters. The van der Waals surface area contributed by atoms with Crippen molar-refractivity contribution in [3.05, 3.63) is 52.3 Å². The smallest absolute Gasteiger partial charge is 0.258 e. The van der Waals surface area contributed by atoms with Gasteiger partial charge in [-0.15, -0.1) is 0 Å². The van der Waals surface area contributed by atoms with Crippen LogP contribution in [0.2, 0.25) is 5.15 Å². The largest absolute Gasteiger partial charge is 0.368 e. The van der Waals surface area contributed by atoms with Crippen LogP contribution in [0.1, 0.15) is 47.4 Å². The number of piperazine rings is 1. The summed E-state index contributed by atoms with van der Waals surface area (Å²) in [5, 5.41) is 4.84. The van der Waals surface area contributed by atoms with E-state index >= 15 is 0 Å². The second-order valence-electron chi connectivity index (χ2n) is 7.37. The molecule has 7 nitrogen and oxygen atoms in total. The number of unbranched alkanes of at least 4 members (excludes halogenated alkanes) is 1. The second-order valence-corrected chi connectivity index (χ2v) is 7.73. The summed E-state index contributed by atoms with van der Waals surface area (Å²) in [6.07, 6.45) is 1.99. The van der Waals surface area contributed by atoms with Crippen molar-refractivity contribution in [2.45, 2.75) is 39.3 Å². The maximum atomic E-state index is 13.1. The number of hydrogen-bond acceptors (Lipinski definition) is 4. The maximum Gasteiger partial charge on any atom is 0.258 e. The van der Waals surface area contributed by atoms with E-state index in [-0.39, 0.29) is 11.8 Å². The Morgan fingerprint density at radius 2 is 1.83 bits per heavy atom. The topological polar surface area (TPSA) is 84.5 Å². The van der Waals surface area contributed by atoms with Crippen molar-refractivity contribution < 1.29 is 9.59 Å². The summed E-state index contributed by atoms with van der Waals surface area (Å²) >= 11 is 6.46. The van der Waals surface area contributed by atoms with Gasteiger partial charge in [-0.1, -0.05) is 55.3 Å². The average molecular weight is 418 g/mol. The van der Waals surface area contributed by atoms with E-state index in [2.05, 4.69) is 12.0 Å². The number of halogens is 1. The molecule has 0 saturated carbocycles. The molecule has 2 N–H and O–H groups in total. The van der Waals surface area contributed by atoms with Crippen molar-refractivity contribution in [1.29, 1.82) is 0 Å². The lowest BCUT2D eigenvalue weighted by atomic mass is 10.0. The molecule has 1 saturated heterocycles. The molecule has 8 heteroatoms. The third-order valence-corrected chi connectivity index (χ3v) is 5.74. The van der Waals surface area contributed by atoms with E-state index in [1.807, 2.05) is 42.2 Å². The lowest BCUT2D eigenvalue weighted by Gasteiger charge is -2.38. The lowest BCUT2D eigenvalue weighted by molar-refractivity contribution is -0.124. The van der Waals surface area contributed by atoms with Crippen LogP contribution in [0.5, 0.6) is 0 Å². The number of hydrogen-bond donors (Lipinski definition) is 1. The van der Waals surface area contributed by atoms with Crippen molar-refractivity contribution in [3.8, 4) is 0 Å². The molecule has 1 aliphatic rings. The van der Waals surface area contributed by atoms with Crippen LogP contribution in [0.15, 0.2) is 30.3 Å². The van der Waals surface area contributed by atoms with Gasteiger partial charge in [0.1, 0.15) is 11.2 Å². The number of aromatic nitrogens is 2. The van der Waals surface area contributed by atoms with E-state index in [4.69, 9.17) is 17.3 Å². The van der Waals surface area contributed by atoms with Gasteiger partial charge in [-0.05, 0) is 18.9 Å². The average Bonchev–Trinajstić information content (AvgIpc) is 3.00. The molecule has 0 bridgehead atoms. The van der Waals surface area contributed by atoms with Gasteiger partial charge in [0.15, 0.2) is 0 Å². The van der Waals surface area contributed by atoms with Gasteiger partial charge < -0.3 is 10.6 Å². The summed E-state index contributed by atoms with van der Waals surface area (Å²) in [7, 11) is 0. The van der Waals surface area contributed by atoms with Crippen LogP contribution in [-0.2, 0) is 11.3 Å². The van der Waals surface area contributed by atoms with E-state index in [1.54, 1.807) is 9.58 Å². The van der Waals surface area contributed by atoms with Crippen molar-refractivity contribution in [2.75, 3.05) is 26.2 Å². The van der Waals surface area contributed by atoms with Gasteiger partial charge in [-0.2, -0.15) is 5.10 Å². The minimum atomic E-state index is -0.490. The fourth-order valence-electron chi connectivity index (χ4n) is 3.78. The first-order valence-electron chi connectivity index (χ1n) is 10.0. The number of carbonyl (C=O) groups excluding carboxylic acids is 2. The summed E-state index contributed by atoms with van der Waals surface area (Å²) in [6, 6.07) is 9.01. The van der Waals surface area contributed by atoms with Crippen LogP contribution in [0.4, 0.5) is 0 Å². The van der Waals surface area contributed by atoms with Crippen LogP contribution in [-0.4, -0.2) is 57.6 Å². The fourth-order valence-corrected chi connectivity index (χ4v) is 4.12. The Hall–Kier alpha value is -2.38. The molecule has 0 aliphatic carbocycles. The van der Waals surface area contributed by atoms with Crippen LogP contribution < -0.4 is 5.73 Å². The zero-order valence-electron chi connectivity index (χ0n) is 17.0. The fraction of sp³-hybridized carbons (Fsp3) is 0.476. The van der Waals surface area contributed by atoms with E-state index in [0.29, 0.717) is 49.1 Å². The van der Waals surface area contributed by atoms with Gasteiger partial charge in [0.05, 0.1) is 11.3 Å². The number of amides is 2. The molecule has 2 aromatic rings. The van der Waals surface area contributed by atoms with E-state index in [0.717, 1.165) is 18.4 Å². The first-order chi connectivity index (χ1) is 13.9. The van der Waals surface area contributed by atoms with Gasteiger partial charge in [-0.3, -0.25) is 19.2 Å². The van der Waals surface area contributed by atoms with Crippen molar-refractivity contribution in [2.24, 2.45) is 5.73 Å². The Kier molecular flexibility index (Phi) is 6.92. The Balaban J connectivity index is 1.70. The van der Waals surface area contributed by atoms with Crippen LogP contribution in [0.3, 0.4) is 0 Å². The summed E-state index contributed by atoms with van der Waals surface area (Å²) in [4.78, 5) is 29.0. The van der Waals surface area contributed by atoms with Gasteiger partial charge in [-0.25, -0.2) is 0 Å². The zero-order valence-corrected chi connectivity index (χ0v) is 17.7. The van der Waals surface area contributed by atoms with Crippen LogP contribution in [0.25, 0.3) is 0 Å². The molecule has 1 aromatic carbocycles. The third-order valence-electron chi connectivity index (χ3n) is 5.35. The molecule has 1 aromatic heterocycles. The van der Waals surface area contributed by atoms with Crippen LogP contribution in [0, 0.1) is 6.92 Å². The molecule has 2 heterocycles. The predicted molar refractivity (Wildman–Crippen MR) is 113 cm³/mol. The quantitative estimate of drug-likeness (QED) is 0.750. The zero-order chi connectivity index (χ0) is 21.0. The van der Waals surface area contributed by atoms with E-state index < -0.39 is 6.04 Å². The summed E-state index contributed by atoms with van der Waals surface area (Å²) < 4.78 is 1.71. The number of rotatable bonds is 7. The lowest BCUT2D eigenvalue weighted by Crippen LogP contribution is -2.52. The molecule has 1 fully saturated rings. The number of nitrogens with zero attached hydrogens (tertiary/aromatic N) is 4. The molecule has 2 amide bonds. The number of primary amides is 1. The minimum Gasteiger partial charge on any atom is -0.368 e. The van der Waals surface area contributed by atoms with Gasteiger partial charge in [0.2, 0.25) is 5.91 Å². The van der Waals surface area contributed by atoms with Gasteiger partial charge in [0.25, 0.3) is 5.91 Å². The third kappa shape index (κ3) is 4.62. The van der Waals surface area contributed by atoms with Gasteiger partial charge >= 0.3 is 0 Å². The highest BCUT2D eigenvalue weighted by Gasteiger charge is 2.32. The van der Waals surface area contributed by atoms with Crippen LogP contribution >= 0.6 is 11.6 Å². The first-order valence-corrected chi connectivity index (χ1v) is 10.4. The molecule has 156 valence electrons. The number of nitrogens with two attached hydrogens (primary N) is 1. The summed E-state index contributed by atoms with van der Waals surface area (Å²) in [6.45, 7) is 6.76. The van der Waals surface area contributed by atoms with E-state index in [9.17, 15) is 9.59 Å². The van der Waals surface area contributed by atoms with Crippen molar-refractivity contribution in [3.63, 3.8) is 0 Å². The number of aryl methyl sites for hydroxylation is 2. The monoisotopic (exact) mass is 417 g/mol. The van der Waals surface area contributed by atoms with Gasteiger partial charge in [0, 0.05) is 32.7 Å². The SMILES string of the molecule is CCCCn1nc(C)c(C(=O)N2CCN(C(C(N)=O)c3ccccc3)CC2)c1Cl. The Bertz CT molecular complexity index is 859. The molecule has 0 radical (unpaired) electrons. The molecule has 3 rings (SSSR count). The normalized spacial score (nSPS) is 16.0. The Morgan fingerprint density at radius 1 is 1.17 bits per heavy atom. The number of carbonyl (C=O) groups is 2. The number of benzene rings is 1. The minimum absolute atomic E-state index is 0.106. The molecule has 29 heavy (non-hydrogen) atoms. The molecule has 1 atom stereocenters. The highest BCUT2D eigenvalue weighted by molar-refractivity contribution is 6.33. The summed E-state index contributed by atoms with van der Waals surface area (Å²) in [5.74, 6) is -0.489. The molecule has 1 aliphatic heterocycles.